The number of rotatable bonds is 4. The Morgan fingerprint density at radius 2 is 2.14 bits per heavy atom. The van der Waals surface area contributed by atoms with Crippen LogP contribution in [0.4, 0.5) is 11.5 Å². The first kappa shape index (κ1) is 15.0. The van der Waals surface area contributed by atoms with Crippen LogP contribution in [-0.2, 0) is 0 Å². The molecule has 0 radical (unpaired) electrons. The molecule has 1 heterocycles. The van der Waals surface area contributed by atoms with E-state index >= 15 is 0 Å². The molecule has 0 saturated heterocycles. The standard InChI is InChI=1S/C14H13N3O3S/c1-9-4-3-7-15-13(9)16-14(18)10-5-6-12(21-2)11(8-10)17(19)20/h3-8H,1-2H3,(H,15,16,18). The summed E-state index contributed by atoms with van der Waals surface area (Å²) in [6.07, 6.45) is 3.32. The summed E-state index contributed by atoms with van der Waals surface area (Å²) in [5, 5.41) is 13.7. The Morgan fingerprint density at radius 1 is 1.38 bits per heavy atom. The Labute approximate surface area is 125 Å². The van der Waals surface area contributed by atoms with Crippen molar-refractivity contribution in [3.8, 4) is 0 Å². The van der Waals surface area contributed by atoms with Gasteiger partial charge >= 0.3 is 0 Å². The van der Waals surface area contributed by atoms with E-state index in [0.717, 1.165) is 5.56 Å². The minimum absolute atomic E-state index is 0.0760. The highest BCUT2D eigenvalue weighted by Gasteiger charge is 2.17. The maximum atomic E-state index is 12.2. The Bertz CT molecular complexity index is 704. The maximum absolute atomic E-state index is 12.2. The molecule has 0 atom stereocenters. The lowest BCUT2D eigenvalue weighted by molar-refractivity contribution is -0.387. The fourth-order valence-corrected chi connectivity index (χ4v) is 2.32. The van der Waals surface area contributed by atoms with Gasteiger partial charge in [-0.15, -0.1) is 11.8 Å². The molecule has 108 valence electrons. The average molecular weight is 303 g/mol. The molecule has 7 heteroatoms. The van der Waals surface area contributed by atoms with Gasteiger partial charge in [0.1, 0.15) is 5.82 Å². The summed E-state index contributed by atoms with van der Waals surface area (Å²) in [7, 11) is 0. The summed E-state index contributed by atoms with van der Waals surface area (Å²) in [6, 6.07) is 8.00. The van der Waals surface area contributed by atoms with Gasteiger partial charge in [-0.25, -0.2) is 4.98 Å². The number of anilines is 1. The molecule has 0 unspecified atom stereocenters. The van der Waals surface area contributed by atoms with Crippen LogP contribution in [0.2, 0.25) is 0 Å². The van der Waals surface area contributed by atoms with Gasteiger partial charge in [-0.3, -0.25) is 14.9 Å². The van der Waals surface area contributed by atoms with Crippen LogP contribution in [0.1, 0.15) is 15.9 Å². The van der Waals surface area contributed by atoms with Crippen molar-refractivity contribution in [3.05, 3.63) is 57.8 Å². The van der Waals surface area contributed by atoms with Crippen LogP contribution in [0.3, 0.4) is 0 Å². The lowest BCUT2D eigenvalue weighted by Crippen LogP contribution is -2.14. The summed E-state index contributed by atoms with van der Waals surface area (Å²) in [5.41, 5.74) is 0.971. The van der Waals surface area contributed by atoms with Gasteiger partial charge in [0.05, 0.1) is 9.82 Å². The van der Waals surface area contributed by atoms with Gasteiger partial charge in [0.25, 0.3) is 11.6 Å². The third-order valence-electron chi connectivity index (χ3n) is 2.88. The van der Waals surface area contributed by atoms with Gasteiger partial charge in [-0.2, -0.15) is 0 Å². The molecule has 0 aliphatic rings. The highest BCUT2D eigenvalue weighted by molar-refractivity contribution is 7.98. The molecule has 1 amide bonds. The van der Waals surface area contributed by atoms with Crippen molar-refractivity contribution in [2.75, 3.05) is 11.6 Å². The largest absolute Gasteiger partial charge is 0.306 e. The fraction of sp³-hybridized carbons (Fsp3) is 0.143. The second kappa shape index (κ2) is 6.36. The molecule has 0 aliphatic heterocycles. The van der Waals surface area contributed by atoms with Crippen molar-refractivity contribution in [1.29, 1.82) is 0 Å². The number of nitrogens with zero attached hydrogens (tertiary/aromatic N) is 2. The number of carbonyl (C=O) groups excluding carboxylic acids is 1. The van der Waals surface area contributed by atoms with E-state index in [2.05, 4.69) is 10.3 Å². The molecule has 1 aromatic carbocycles. The Balaban J connectivity index is 2.30. The van der Waals surface area contributed by atoms with Gasteiger partial charge in [0.2, 0.25) is 0 Å². The van der Waals surface area contributed by atoms with E-state index in [9.17, 15) is 14.9 Å². The van der Waals surface area contributed by atoms with Gasteiger partial charge in [-0.1, -0.05) is 6.07 Å². The van der Waals surface area contributed by atoms with Crippen LogP contribution in [0.5, 0.6) is 0 Å². The lowest BCUT2D eigenvalue weighted by Gasteiger charge is -2.07. The van der Waals surface area contributed by atoms with E-state index in [1.165, 1.54) is 17.8 Å². The van der Waals surface area contributed by atoms with E-state index in [1.807, 2.05) is 13.0 Å². The number of carbonyl (C=O) groups is 1. The van der Waals surface area contributed by atoms with Crippen LogP contribution in [-0.4, -0.2) is 22.1 Å². The normalized spacial score (nSPS) is 10.2. The van der Waals surface area contributed by atoms with Crippen molar-refractivity contribution in [3.63, 3.8) is 0 Å². The van der Waals surface area contributed by atoms with E-state index in [4.69, 9.17) is 0 Å². The summed E-state index contributed by atoms with van der Waals surface area (Å²) < 4.78 is 0. The zero-order valence-electron chi connectivity index (χ0n) is 11.5. The first-order chi connectivity index (χ1) is 10.0. The van der Waals surface area contributed by atoms with Crippen molar-refractivity contribution in [2.24, 2.45) is 0 Å². The molecule has 2 aromatic rings. The molecule has 0 saturated carbocycles. The van der Waals surface area contributed by atoms with Gasteiger partial charge in [0.15, 0.2) is 0 Å². The van der Waals surface area contributed by atoms with Crippen LogP contribution in [0, 0.1) is 17.0 Å². The lowest BCUT2D eigenvalue weighted by atomic mass is 10.2. The molecular formula is C14H13N3O3S. The fourth-order valence-electron chi connectivity index (χ4n) is 1.77. The van der Waals surface area contributed by atoms with Crippen molar-refractivity contribution >= 4 is 29.2 Å². The number of amides is 1. The highest BCUT2D eigenvalue weighted by atomic mass is 32.2. The number of nitro benzene ring substituents is 1. The number of hydrogen-bond donors (Lipinski definition) is 1. The second-order valence-electron chi connectivity index (χ2n) is 4.27. The second-order valence-corrected chi connectivity index (χ2v) is 5.11. The minimum atomic E-state index is -0.491. The molecule has 0 fully saturated rings. The van der Waals surface area contributed by atoms with Crippen LogP contribution in [0.15, 0.2) is 41.4 Å². The number of nitrogens with one attached hydrogen (secondary N) is 1. The van der Waals surface area contributed by atoms with Crippen molar-refractivity contribution in [1.82, 2.24) is 4.98 Å². The molecule has 1 N–H and O–H groups in total. The summed E-state index contributed by atoms with van der Waals surface area (Å²) in [6.45, 7) is 1.82. The SMILES string of the molecule is CSc1ccc(C(=O)Nc2ncccc2C)cc1[N+](=O)[O-]. The zero-order valence-corrected chi connectivity index (χ0v) is 12.3. The minimum Gasteiger partial charge on any atom is -0.306 e. The number of thioether (sulfide) groups is 1. The smallest absolute Gasteiger partial charge is 0.283 e. The summed E-state index contributed by atoms with van der Waals surface area (Å²) in [5.74, 6) is 0.0200. The monoisotopic (exact) mass is 303 g/mol. The first-order valence-corrected chi connectivity index (χ1v) is 7.31. The topological polar surface area (TPSA) is 85.1 Å². The Kier molecular flexibility index (Phi) is 4.54. The van der Waals surface area contributed by atoms with Gasteiger partial charge in [-0.05, 0) is 36.9 Å². The molecule has 0 spiro atoms. The molecule has 1 aromatic heterocycles. The summed E-state index contributed by atoms with van der Waals surface area (Å²) in [4.78, 5) is 27.3. The number of aromatic nitrogens is 1. The third kappa shape index (κ3) is 3.38. The number of nitro groups is 1. The van der Waals surface area contributed by atoms with Crippen LogP contribution < -0.4 is 5.32 Å². The number of benzene rings is 1. The zero-order chi connectivity index (χ0) is 15.4. The Hall–Kier alpha value is -2.41. The predicted octanol–water partition coefficient (Wildman–Crippen LogP) is 3.27. The Morgan fingerprint density at radius 3 is 2.76 bits per heavy atom. The van der Waals surface area contributed by atoms with E-state index in [-0.39, 0.29) is 11.3 Å². The molecule has 21 heavy (non-hydrogen) atoms. The molecule has 2 rings (SSSR count). The third-order valence-corrected chi connectivity index (χ3v) is 3.66. The quantitative estimate of drug-likeness (QED) is 0.532. The average Bonchev–Trinajstić information content (AvgIpc) is 2.48. The van der Waals surface area contributed by atoms with Gasteiger partial charge in [0, 0.05) is 17.8 Å². The maximum Gasteiger partial charge on any atom is 0.283 e. The number of pyridine rings is 1. The first-order valence-electron chi connectivity index (χ1n) is 6.08. The van der Waals surface area contributed by atoms with Crippen LogP contribution >= 0.6 is 11.8 Å². The van der Waals surface area contributed by atoms with Crippen molar-refractivity contribution in [2.45, 2.75) is 11.8 Å². The highest BCUT2D eigenvalue weighted by Crippen LogP contribution is 2.28. The number of hydrogen-bond acceptors (Lipinski definition) is 5. The van der Waals surface area contributed by atoms with E-state index < -0.39 is 10.8 Å². The van der Waals surface area contributed by atoms with Crippen LogP contribution in [0.25, 0.3) is 0 Å². The van der Waals surface area contributed by atoms with Crippen molar-refractivity contribution < 1.29 is 9.72 Å². The van der Waals surface area contributed by atoms with E-state index in [0.29, 0.717) is 10.7 Å². The molecule has 0 aliphatic carbocycles. The molecule has 0 bridgehead atoms. The molecular weight excluding hydrogens is 290 g/mol. The predicted molar refractivity (Wildman–Crippen MR) is 81.8 cm³/mol. The van der Waals surface area contributed by atoms with E-state index in [1.54, 1.807) is 30.7 Å². The number of aryl methyl sites for hydroxylation is 1. The van der Waals surface area contributed by atoms with Gasteiger partial charge < -0.3 is 5.32 Å². The molecule has 6 nitrogen and oxygen atoms in total. The summed E-state index contributed by atoms with van der Waals surface area (Å²) >= 11 is 1.26.